The molecule has 12 nitrogen and oxygen atoms in total. The van der Waals surface area contributed by atoms with Crippen molar-refractivity contribution in [1.29, 1.82) is 0 Å². The van der Waals surface area contributed by atoms with E-state index in [1.165, 1.54) is 40.9 Å². The van der Waals surface area contributed by atoms with Gasteiger partial charge < -0.3 is 20.2 Å². The van der Waals surface area contributed by atoms with E-state index in [1.54, 1.807) is 12.4 Å². The van der Waals surface area contributed by atoms with E-state index >= 15 is 0 Å². The van der Waals surface area contributed by atoms with Crippen LogP contribution in [0.2, 0.25) is 0 Å². The lowest BCUT2D eigenvalue weighted by molar-refractivity contribution is -0.154. The Balaban J connectivity index is 1.26. The third-order valence-electron chi connectivity index (χ3n) is 7.58. The third kappa shape index (κ3) is 7.80. The van der Waals surface area contributed by atoms with Gasteiger partial charge in [0.05, 0.1) is 0 Å². The zero-order valence-electron chi connectivity index (χ0n) is 26.5. The van der Waals surface area contributed by atoms with Crippen molar-refractivity contribution in [1.82, 2.24) is 20.2 Å². The number of thiazole rings is 1. The first kappa shape index (κ1) is 34.6. The smallest absolute Gasteiger partial charge is 0.356 e. The number of nitrogens with zero attached hydrogens (tertiary/aromatic N) is 4. The van der Waals surface area contributed by atoms with Gasteiger partial charge in [0.2, 0.25) is 6.41 Å². The van der Waals surface area contributed by atoms with Crippen molar-refractivity contribution < 1.29 is 28.8 Å². The van der Waals surface area contributed by atoms with Crippen LogP contribution in [0, 0.1) is 0 Å². The van der Waals surface area contributed by atoms with Crippen molar-refractivity contribution >= 4 is 76.0 Å². The van der Waals surface area contributed by atoms with E-state index in [1.807, 2.05) is 84.3 Å². The molecule has 3 amide bonds. The fraction of sp³-hybridized carbons (Fsp3) is 0.171. The van der Waals surface area contributed by atoms with Crippen LogP contribution in [0.3, 0.4) is 0 Å². The topological polar surface area (TPSA) is 152 Å². The molecule has 6 rings (SSSR count). The summed E-state index contributed by atoms with van der Waals surface area (Å²) in [5, 5.41) is 12.1. The summed E-state index contributed by atoms with van der Waals surface area (Å²) in [6.45, 7) is 0. The number of esters is 1. The Labute approximate surface area is 300 Å². The average Bonchev–Trinajstić information content (AvgIpc) is 3.62. The largest absolute Gasteiger partial charge is 0.448 e. The second-order valence-electron chi connectivity index (χ2n) is 10.7. The van der Waals surface area contributed by atoms with Crippen LogP contribution in [0.15, 0.2) is 112 Å². The number of ether oxygens (including phenoxy) is 1. The molecule has 254 valence electrons. The number of carbonyl (C=O) groups is 4. The Bertz CT molecular complexity index is 1900. The molecule has 1 fully saturated rings. The quantitative estimate of drug-likeness (QED) is 0.0607. The molecular formula is C35H30N6O6S3. The molecule has 0 radical (unpaired) electrons. The number of benzene rings is 2. The summed E-state index contributed by atoms with van der Waals surface area (Å²) in [5.74, 6) is -0.958. The number of fused-ring (bicyclic) bond motifs is 1. The van der Waals surface area contributed by atoms with Crippen molar-refractivity contribution in [3.8, 4) is 0 Å². The molecular weight excluding hydrogens is 697 g/mol. The standard InChI is InChI=1S/C35H30N6O6S3/c1-46-40-27(26-20-50-35(38-26)37-21-42)31(43)39-28-32(44)41-29(25(19-49-33(28)41)18-48-16-14-22-9-8-15-36-17-22)34(45)47-30(23-10-4-2-5-11-23)24-12-6-3-7-13-24/h2-17,20-21,28,30,33H,18-19H2,1H3,(H,39,43)(H,37,38,42)/b16-14-,40-27?/t28?,33-/m0/s1. The highest BCUT2D eigenvalue weighted by atomic mass is 32.2. The Morgan fingerprint density at radius 1 is 1.10 bits per heavy atom. The van der Waals surface area contributed by atoms with Crippen LogP contribution in [0.25, 0.3) is 6.08 Å². The average molecular weight is 727 g/mol. The molecule has 2 aliphatic rings. The molecule has 2 aromatic heterocycles. The van der Waals surface area contributed by atoms with Crippen molar-refractivity contribution in [2.75, 3.05) is 23.9 Å². The number of oxime groups is 1. The van der Waals surface area contributed by atoms with Gasteiger partial charge in [0, 0.05) is 29.3 Å². The van der Waals surface area contributed by atoms with E-state index in [-0.39, 0.29) is 22.2 Å². The van der Waals surface area contributed by atoms with E-state index < -0.39 is 35.3 Å². The van der Waals surface area contributed by atoms with Gasteiger partial charge in [-0.2, -0.15) is 0 Å². The summed E-state index contributed by atoms with van der Waals surface area (Å²) in [4.78, 5) is 66.9. The van der Waals surface area contributed by atoms with E-state index in [2.05, 4.69) is 25.8 Å². The number of anilines is 1. The van der Waals surface area contributed by atoms with E-state index in [4.69, 9.17) is 9.57 Å². The van der Waals surface area contributed by atoms with Gasteiger partial charge in [-0.3, -0.25) is 24.3 Å². The molecule has 1 unspecified atom stereocenters. The molecule has 4 heterocycles. The number of nitrogens with one attached hydrogen (secondary N) is 2. The first-order valence-corrected chi connectivity index (χ1v) is 18.2. The van der Waals surface area contributed by atoms with Gasteiger partial charge in [0.25, 0.3) is 11.8 Å². The van der Waals surface area contributed by atoms with Crippen molar-refractivity contribution in [2.45, 2.75) is 17.5 Å². The number of β-lactam (4-membered cyclic amide) rings is 1. The second kappa shape index (κ2) is 16.4. The van der Waals surface area contributed by atoms with Crippen LogP contribution in [0.1, 0.15) is 28.5 Å². The summed E-state index contributed by atoms with van der Waals surface area (Å²) >= 11 is 4.02. The van der Waals surface area contributed by atoms with Crippen LogP contribution in [-0.2, 0) is 28.8 Å². The minimum atomic E-state index is -0.956. The summed E-state index contributed by atoms with van der Waals surface area (Å²) in [6, 6.07) is 21.7. The molecule has 4 aromatic rings. The molecule has 2 N–H and O–H groups in total. The Morgan fingerprint density at radius 3 is 2.50 bits per heavy atom. The number of amides is 3. The number of aromatic nitrogens is 2. The monoisotopic (exact) mass is 726 g/mol. The van der Waals surface area contributed by atoms with Crippen LogP contribution >= 0.6 is 34.9 Å². The molecule has 0 saturated carbocycles. The van der Waals surface area contributed by atoms with Gasteiger partial charge in [0.15, 0.2) is 16.9 Å². The molecule has 0 aliphatic carbocycles. The van der Waals surface area contributed by atoms with Crippen molar-refractivity contribution in [2.24, 2.45) is 5.16 Å². The lowest BCUT2D eigenvalue weighted by atomic mass is 10.0. The first-order chi connectivity index (χ1) is 24.5. The Hall–Kier alpha value is -5.25. The zero-order chi connectivity index (χ0) is 34.9. The van der Waals surface area contributed by atoms with Gasteiger partial charge in [-0.25, -0.2) is 9.78 Å². The third-order valence-corrected chi connectivity index (χ3v) is 10.5. The molecule has 1 saturated heterocycles. The molecule has 0 spiro atoms. The Morgan fingerprint density at radius 2 is 1.84 bits per heavy atom. The minimum absolute atomic E-state index is 0.161. The lowest BCUT2D eigenvalue weighted by Crippen LogP contribution is -2.71. The first-order valence-electron chi connectivity index (χ1n) is 15.2. The fourth-order valence-corrected chi connectivity index (χ4v) is 8.20. The highest BCUT2D eigenvalue weighted by molar-refractivity contribution is 8.02. The lowest BCUT2D eigenvalue weighted by Gasteiger charge is -2.49. The van der Waals surface area contributed by atoms with Gasteiger partial charge in [-0.15, -0.1) is 34.9 Å². The summed E-state index contributed by atoms with van der Waals surface area (Å²) in [6.07, 6.45) is 5.13. The van der Waals surface area contributed by atoms with Crippen LogP contribution in [0.4, 0.5) is 5.13 Å². The molecule has 0 bridgehead atoms. The summed E-state index contributed by atoms with van der Waals surface area (Å²) < 4.78 is 6.24. The van der Waals surface area contributed by atoms with Gasteiger partial charge in [-0.05, 0) is 39.8 Å². The number of hydrogen-bond donors (Lipinski definition) is 2. The maximum Gasteiger partial charge on any atom is 0.356 e. The number of rotatable bonds is 14. The predicted molar refractivity (Wildman–Crippen MR) is 194 cm³/mol. The SMILES string of the molecule is CON=C(C(=O)NC1C(=O)N2C(C(=O)OC(c3ccccc3)c3ccccc3)=C(CS/C=C\c3cccnc3)CS[C@@H]12)c1csc(NC=O)n1. The summed E-state index contributed by atoms with van der Waals surface area (Å²) in [7, 11) is 1.28. The normalized spacial score (nSPS) is 17.3. The van der Waals surface area contributed by atoms with Crippen molar-refractivity contribution in [3.05, 3.63) is 130 Å². The van der Waals surface area contributed by atoms with E-state index in [9.17, 15) is 19.2 Å². The summed E-state index contributed by atoms with van der Waals surface area (Å²) in [5.41, 5.74) is 3.38. The fourth-order valence-electron chi connectivity index (χ4n) is 5.28. The number of carbonyl (C=O) groups excluding carboxylic acids is 4. The van der Waals surface area contributed by atoms with Crippen LogP contribution in [0.5, 0.6) is 0 Å². The minimum Gasteiger partial charge on any atom is -0.448 e. The number of hydrogen-bond acceptors (Lipinski definition) is 12. The maximum absolute atomic E-state index is 14.2. The Kier molecular flexibility index (Phi) is 11.4. The maximum atomic E-state index is 14.2. The highest BCUT2D eigenvalue weighted by Gasteiger charge is 2.55. The molecule has 50 heavy (non-hydrogen) atoms. The number of pyridine rings is 1. The predicted octanol–water partition coefficient (Wildman–Crippen LogP) is 4.85. The van der Waals surface area contributed by atoms with Gasteiger partial charge in [-0.1, -0.05) is 71.9 Å². The van der Waals surface area contributed by atoms with Gasteiger partial charge in [0.1, 0.15) is 29.9 Å². The van der Waals surface area contributed by atoms with Gasteiger partial charge >= 0.3 is 5.97 Å². The highest BCUT2D eigenvalue weighted by Crippen LogP contribution is 2.42. The second-order valence-corrected chi connectivity index (χ2v) is 13.6. The van der Waals surface area contributed by atoms with Crippen LogP contribution < -0.4 is 10.6 Å². The van der Waals surface area contributed by atoms with Crippen molar-refractivity contribution in [3.63, 3.8) is 0 Å². The molecule has 2 aliphatic heterocycles. The van der Waals surface area contributed by atoms with E-state index in [0.717, 1.165) is 33.6 Å². The van der Waals surface area contributed by atoms with E-state index in [0.29, 0.717) is 17.9 Å². The number of thioether (sulfide) groups is 2. The van der Waals surface area contributed by atoms with Crippen LogP contribution in [-0.4, -0.2) is 74.8 Å². The molecule has 2 aromatic carbocycles. The molecule has 15 heteroatoms. The molecule has 2 atom stereocenters. The zero-order valence-corrected chi connectivity index (χ0v) is 29.0.